The third kappa shape index (κ3) is 7.38. The van der Waals surface area contributed by atoms with Gasteiger partial charge in [-0.25, -0.2) is 0 Å². The van der Waals surface area contributed by atoms with E-state index >= 15 is 0 Å². The van der Waals surface area contributed by atoms with Crippen molar-refractivity contribution in [3.05, 3.63) is 11.3 Å². The Morgan fingerprint density at radius 2 is 1.87 bits per heavy atom. The van der Waals surface area contributed by atoms with Crippen molar-refractivity contribution in [2.75, 3.05) is 0 Å². The second-order valence-corrected chi connectivity index (χ2v) is 10.3. The van der Waals surface area contributed by atoms with Gasteiger partial charge >= 0.3 is 0 Å². The van der Waals surface area contributed by atoms with E-state index in [9.17, 15) is 0 Å². The fourth-order valence-corrected chi connectivity index (χ4v) is 2.94. The summed E-state index contributed by atoms with van der Waals surface area (Å²) in [5.74, 6) is 0. The number of hydrogen-bond acceptors (Lipinski definition) is 1. The van der Waals surface area contributed by atoms with Gasteiger partial charge < -0.3 is 0 Å². The molecule has 0 atom stereocenters. The zero-order valence-corrected chi connectivity index (χ0v) is 11.8. The van der Waals surface area contributed by atoms with E-state index in [0.717, 1.165) is 0 Å². The van der Waals surface area contributed by atoms with Gasteiger partial charge in [0.1, 0.15) is 0 Å². The highest BCUT2D eigenvalue weighted by Crippen LogP contribution is 2.19. The van der Waals surface area contributed by atoms with E-state index in [0.29, 0.717) is 6.42 Å². The van der Waals surface area contributed by atoms with E-state index in [1.807, 2.05) is 0 Å². The van der Waals surface area contributed by atoms with Gasteiger partial charge in [-0.15, -0.1) is 0 Å². The van der Waals surface area contributed by atoms with Crippen LogP contribution in [0.2, 0.25) is 19.6 Å². The van der Waals surface area contributed by atoms with Gasteiger partial charge in [0.2, 0.25) is 0 Å². The van der Waals surface area contributed by atoms with E-state index in [4.69, 9.17) is 5.26 Å². The highest BCUT2D eigenvalue weighted by atomic mass is 28.3. The van der Waals surface area contributed by atoms with Crippen LogP contribution >= 0.6 is 0 Å². The average Bonchev–Trinajstić information content (AvgIpc) is 2.14. The zero-order chi connectivity index (χ0) is 11.7. The Balaban J connectivity index is 4.03. The third-order valence-corrected chi connectivity index (χ3v) is 4.99. The minimum atomic E-state index is -1.24. The summed E-state index contributed by atoms with van der Waals surface area (Å²) in [6.07, 6.45) is 9.40. The molecule has 0 amide bonds. The lowest BCUT2D eigenvalue weighted by atomic mass is 10.1. The number of rotatable bonds is 7. The molecule has 1 nitrogen and oxygen atoms in total. The second kappa shape index (κ2) is 7.70. The zero-order valence-electron chi connectivity index (χ0n) is 10.8. The average molecular weight is 223 g/mol. The van der Waals surface area contributed by atoms with Gasteiger partial charge in [0.05, 0.1) is 20.6 Å². The van der Waals surface area contributed by atoms with Crippen LogP contribution in [0.25, 0.3) is 0 Å². The standard InChI is InChI=1S/C13H25NSi/c1-5-6-7-8-9-10-13(11-12-14)15(2,3)4/h10H,5-9,11H2,1-4H3/b13-10-. The van der Waals surface area contributed by atoms with E-state index in [1.165, 1.54) is 37.3 Å². The monoisotopic (exact) mass is 223 g/mol. The maximum absolute atomic E-state index is 8.77. The quantitative estimate of drug-likeness (QED) is 0.454. The Morgan fingerprint density at radius 3 is 2.33 bits per heavy atom. The van der Waals surface area contributed by atoms with Crippen molar-refractivity contribution in [2.45, 2.75) is 65.1 Å². The van der Waals surface area contributed by atoms with Crippen molar-refractivity contribution < 1.29 is 0 Å². The SMILES string of the molecule is CCCCCC/C=C(/CC#N)[Si](C)(C)C. The molecule has 0 fully saturated rings. The van der Waals surface area contributed by atoms with Crippen LogP contribution in [0.4, 0.5) is 0 Å². The van der Waals surface area contributed by atoms with Gasteiger partial charge in [0, 0.05) is 0 Å². The molecule has 86 valence electrons. The number of nitriles is 1. The number of allylic oxidation sites excluding steroid dienone is 2. The van der Waals surface area contributed by atoms with E-state index < -0.39 is 8.07 Å². The van der Waals surface area contributed by atoms with Gasteiger partial charge in [-0.3, -0.25) is 0 Å². The molecule has 0 aromatic heterocycles. The molecule has 0 radical (unpaired) electrons. The molecule has 0 N–H and O–H groups in total. The first kappa shape index (κ1) is 14.4. The predicted molar refractivity (Wildman–Crippen MR) is 70.4 cm³/mol. The Hall–Kier alpha value is -0.553. The largest absolute Gasteiger partial charge is 0.198 e. The summed E-state index contributed by atoms with van der Waals surface area (Å²) >= 11 is 0. The van der Waals surface area contributed by atoms with Crippen LogP contribution < -0.4 is 0 Å². The fourth-order valence-electron chi connectivity index (χ4n) is 1.58. The Bertz CT molecular complexity index is 230. The first-order valence-electron chi connectivity index (χ1n) is 6.08. The summed E-state index contributed by atoms with van der Waals surface area (Å²) in [5.41, 5.74) is 0. The molecule has 0 aromatic rings. The van der Waals surface area contributed by atoms with E-state index in [-0.39, 0.29) is 0 Å². The highest BCUT2D eigenvalue weighted by Gasteiger charge is 2.18. The summed E-state index contributed by atoms with van der Waals surface area (Å²) in [4.78, 5) is 0. The molecule has 0 aliphatic heterocycles. The molecule has 0 aliphatic rings. The first-order chi connectivity index (χ1) is 7.02. The van der Waals surface area contributed by atoms with E-state index in [2.05, 4.69) is 38.7 Å². The molecule has 0 saturated carbocycles. The molecule has 0 unspecified atom stereocenters. The third-order valence-electron chi connectivity index (χ3n) is 2.68. The minimum absolute atomic E-state index is 0.642. The Labute approximate surface area is 96.2 Å². The lowest BCUT2D eigenvalue weighted by Crippen LogP contribution is -2.23. The van der Waals surface area contributed by atoms with Crippen molar-refractivity contribution in [2.24, 2.45) is 0 Å². The normalized spacial score (nSPS) is 12.6. The number of nitrogens with zero attached hydrogens (tertiary/aromatic N) is 1. The molecule has 0 heterocycles. The summed E-state index contributed by atoms with van der Waals surface area (Å²) in [6, 6.07) is 2.29. The molecular weight excluding hydrogens is 198 g/mol. The van der Waals surface area contributed by atoms with Gasteiger partial charge in [-0.1, -0.05) is 57.1 Å². The van der Waals surface area contributed by atoms with Crippen molar-refractivity contribution >= 4 is 8.07 Å². The number of hydrogen-bond donors (Lipinski definition) is 0. The molecular formula is C13H25NSi. The van der Waals surface area contributed by atoms with Crippen molar-refractivity contribution in [1.29, 1.82) is 5.26 Å². The first-order valence-corrected chi connectivity index (χ1v) is 9.58. The lowest BCUT2D eigenvalue weighted by Gasteiger charge is -2.18. The van der Waals surface area contributed by atoms with Crippen LogP contribution in [-0.4, -0.2) is 8.07 Å². The highest BCUT2D eigenvalue weighted by molar-refractivity contribution is 6.83. The molecule has 0 rings (SSSR count). The molecule has 2 heteroatoms. The molecule has 0 aliphatic carbocycles. The number of unbranched alkanes of at least 4 members (excludes halogenated alkanes) is 4. The predicted octanol–water partition coefficient (Wildman–Crippen LogP) is 4.67. The van der Waals surface area contributed by atoms with Crippen LogP contribution in [-0.2, 0) is 0 Å². The molecule has 0 saturated heterocycles. The summed E-state index contributed by atoms with van der Waals surface area (Å²) in [5, 5.41) is 10.2. The smallest absolute Gasteiger partial charge is 0.0733 e. The molecule has 0 bridgehead atoms. The summed E-state index contributed by atoms with van der Waals surface area (Å²) in [7, 11) is -1.24. The summed E-state index contributed by atoms with van der Waals surface area (Å²) < 4.78 is 0. The van der Waals surface area contributed by atoms with Gasteiger partial charge in [0.25, 0.3) is 0 Å². The van der Waals surface area contributed by atoms with Crippen LogP contribution in [0, 0.1) is 11.3 Å². The topological polar surface area (TPSA) is 23.8 Å². The minimum Gasteiger partial charge on any atom is -0.198 e. The van der Waals surface area contributed by atoms with E-state index in [1.54, 1.807) is 0 Å². The van der Waals surface area contributed by atoms with Crippen LogP contribution in [0.15, 0.2) is 11.3 Å². The maximum Gasteiger partial charge on any atom is 0.0733 e. The molecule has 15 heavy (non-hydrogen) atoms. The van der Waals surface area contributed by atoms with Crippen LogP contribution in [0.1, 0.15) is 45.4 Å². The lowest BCUT2D eigenvalue weighted by molar-refractivity contribution is 0.673. The summed E-state index contributed by atoms with van der Waals surface area (Å²) in [6.45, 7) is 9.20. The second-order valence-electron chi connectivity index (χ2n) is 5.16. The van der Waals surface area contributed by atoms with Crippen molar-refractivity contribution in [3.8, 4) is 6.07 Å². The van der Waals surface area contributed by atoms with Gasteiger partial charge in [0.15, 0.2) is 0 Å². The van der Waals surface area contributed by atoms with Crippen LogP contribution in [0.3, 0.4) is 0 Å². The van der Waals surface area contributed by atoms with Crippen LogP contribution in [0.5, 0.6) is 0 Å². The molecule has 0 aromatic carbocycles. The van der Waals surface area contributed by atoms with Crippen molar-refractivity contribution in [1.82, 2.24) is 0 Å². The van der Waals surface area contributed by atoms with Gasteiger partial charge in [-0.2, -0.15) is 5.26 Å². The Kier molecular flexibility index (Phi) is 7.42. The maximum atomic E-state index is 8.77. The van der Waals surface area contributed by atoms with Crippen molar-refractivity contribution in [3.63, 3.8) is 0 Å². The molecule has 0 spiro atoms. The fraction of sp³-hybridized carbons (Fsp3) is 0.769. The Morgan fingerprint density at radius 1 is 1.20 bits per heavy atom. The van der Waals surface area contributed by atoms with Gasteiger partial charge in [-0.05, 0) is 12.8 Å².